The monoisotopic (exact) mass is 528 g/mol. The van der Waals surface area contributed by atoms with E-state index >= 15 is 0 Å². The Labute approximate surface area is 227 Å². The van der Waals surface area contributed by atoms with Crippen molar-refractivity contribution in [1.82, 2.24) is 0 Å². The quantitative estimate of drug-likeness (QED) is 0.320. The Kier molecular flexibility index (Phi) is 10.6. The van der Waals surface area contributed by atoms with E-state index in [-0.39, 0.29) is 30.5 Å². The van der Waals surface area contributed by atoms with Crippen molar-refractivity contribution in [2.45, 2.75) is 108 Å². The summed E-state index contributed by atoms with van der Waals surface area (Å²) in [6.45, 7) is 9.11. The largest absolute Gasteiger partial charge is 0.456 e. The van der Waals surface area contributed by atoms with Gasteiger partial charge in [-0.3, -0.25) is 0 Å². The van der Waals surface area contributed by atoms with Gasteiger partial charge >= 0.3 is 5.97 Å². The SMILES string of the molecule is C=C1C[C@H](C)C[C@@H]2CC=C[C@@H](CC=CC(=O)O[C@H]([C@H](C=C[C@@H]3CC(C)=CCO3)OC)C[C@@H]3O[C@H]3[C@@H](O)C1)O2. The molecule has 4 rings (SSSR count). The lowest BCUT2D eigenvalue weighted by molar-refractivity contribution is -0.149. The number of carbonyl (C=O) groups is 1. The van der Waals surface area contributed by atoms with Gasteiger partial charge in [0.25, 0.3) is 0 Å². The lowest BCUT2D eigenvalue weighted by Gasteiger charge is -2.28. The van der Waals surface area contributed by atoms with Crippen LogP contribution >= 0.6 is 0 Å². The minimum atomic E-state index is -0.644. The normalized spacial score (nSPS) is 38.1. The summed E-state index contributed by atoms with van der Waals surface area (Å²) in [5, 5.41) is 10.8. The molecule has 0 unspecified atom stereocenters. The van der Waals surface area contributed by atoms with Crippen molar-refractivity contribution in [2.75, 3.05) is 13.7 Å². The first-order valence-corrected chi connectivity index (χ1v) is 14.0. The predicted octanol–water partition coefficient (Wildman–Crippen LogP) is 4.76. The highest BCUT2D eigenvalue weighted by molar-refractivity contribution is 5.82. The molecule has 7 heteroatoms. The van der Waals surface area contributed by atoms with Crippen LogP contribution in [0.5, 0.6) is 0 Å². The van der Waals surface area contributed by atoms with Crippen molar-refractivity contribution in [3.63, 3.8) is 0 Å². The molecule has 0 aliphatic carbocycles. The van der Waals surface area contributed by atoms with E-state index in [0.29, 0.717) is 31.8 Å². The van der Waals surface area contributed by atoms with Crippen LogP contribution in [0.15, 0.2) is 60.3 Å². The van der Waals surface area contributed by atoms with E-state index in [1.165, 1.54) is 11.6 Å². The molecule has 1 saturated heterocycles. The van der Waals surface area contributed by atoms with E-state index in [1.807, 2.05) is 18.2 Å². The summed E-state index contributed by atoms with van der Waals surface area (Å²) in [5.41, 5.74) is 2.30. The van der Waals surface area contributed by atoms with Gasteiger partial charge in [-0.15, -0.1) is 0 Å². The average molecular weight is 529 g/mol. The second-order valence-electron chi connectivity index (χ2n) is 11.2. The van der Waals surface area contributed by atoms with Crippen LogP contribution in [-0.2, 0) is 28.5 Å². The molecule has 1 N–H and O–H groups in total. The van der Waals surface area contributed by atoms with E-state index in [4.69, 9.17) is 23.7 Å². The Bertz CT molecular complexity index is 935. The van der Waals surface area contributed by atoms with Crippen molar-refractivity contribution >= 4 is 5.97 Å². The number of epoxide rings is 1. The maximum Gasteiger partial charge on any atom is 0.330 e. The van der Waals surface area contributed by atoms with Gasteiger partial charge in [-0.05, 0) is 51.4 Å². The first kappa shape index (κ1) is 29.0. The zero-order valence-corrected chi connectivity index (χ0v) is 23.0. The van der Waals surface area contributed by atoms with Crippen LogP contribution in [-0.4, -0.2) is 73.6 Å². The fourth-order valence-corrected chi connectivity index (χ4v) is 5.67. The standard InChI is InChI=1S/C31H44O7/c1-20-13-14-35-24(16-20)11-12-27(34-4)28-19-29-31(38-29)26(32)18-22(3)15-21(2)17-25-9-5-7-23(36-25)8-6-10-30(33)37-28/h5-7,10-13,21,23-29,31-32H,3,8-9,14-19H2,1-2,4H3/t21-,23-,24+,25-,26-,27-,28-,29-,31-/m0/s1. The number of methoxy groups -OCH3 is 1. The van der Waals surface area contributed by atoms with Gasteiger partial charge in [0.1, 0.15) is 18.3 Å². The molecule has 210 valence electrons. The molecule has 0 aromatic heterocycles. The number of rotatable bonds is 4. The van der Waals surface area contributed by atoms with Crippen LogP contribution in [0.1, 0.15) is 58.8 Å². The number of ether oxygens (including phenoxy) is 5. The summed E-state index contributed by atoms with van der Waals surface area (Å²) < 4.78 is 29.6. The summed E-state index contributed by atoms with van der Waals surface area (Å²) in [6, 6.07) is 0. The minimum Gasteiger partial charge on any atom is -0.456 e. The Morgan fingerprint density at radius 2 is 2.00 bits per heavy atom. The van der Waals surface area contributed by atoms with Crippen LogP contribution in [0.4, 0.5) is 0 Å². The third-order valence-corrected chi connectivity index (χ3v) is 7.69. The summed E-state index contributed by atoms with van der Waals surface area (Å²) in [5.74, 6) is -0.0337. The first-order chi connectivity index (χ1) is 18.3. The highest BCUT2D eigenvalue weighted by Gasteiger charge is 2.47. The maximum absolute atomic E-state index is 12.8. The van der Waals surface area contributed by atoms with E-state index in [0.717, 1.165) is 31.3 Å². The second-order valence-corrected chi connectivity index (χ2v) is 11.2. The third-order valence-electron chi connectivity index (χ3n) is 7.69. The molecule has 0 saturated carbocycles. The molecule has 0 aromatic carbocycles. The Hall–Kier alpha value is -2.03. The topological polar surface area (TPSA) is 86.8 Å². The molecule has 0 radical (unpaired) electrons. The molecule has 4 aliphatic heterocycles. The molecule has 0 amide bonds. The van der Waals surface area contributed by atoms with Gasteiger partial charge in [0.05, 0.1) is 37.1 Å². The fraction of sp³-hybridized carbons (Fsp3) is 0.645. The van der Waals surface area contributed by atoms with Crippen LogP contribution in [0, 0.1) is 5.92 Å². The Morgan fingerprint density at radius 3 is 2.79 bits per heavy atom. The van der Waals surface area contributed by atoms with E-state index < -0.39 is 24.3 Å². The number of fused-ring (bicyclic) bond motifs is 3. The molecule has 2 bridgehead atoms. The van der Waals surface area contributed by atoms with Crippen LogP contribution in [0.2, 0.25) is 0 Å². The third kappa shape index (κ3) is 8.75. The number of cyclic esters (lactones) is 1. The van der Waals surface area contributed by atoms with Crippen molar-refractivity contribution < 1.29 is 33.6 Å². The van der Waals surface area contributed by atoms with Gasteiger partial charge in [-0.1, -0.05) is 61.1 Å². The highest BCUT2D eigenvalue weighted by atomic mass is 16.6. The van der Waals surface area contributed by atoms with Crippen molar-refractivity contribution in [3.8, 4) is 0 Å². The molecule has 7 nitrogen and oxygen atoms in total. The Balaban J connectivity index is 1.47. The van der Waals surface area contributed by atoms with Gasteiger partial charge in [-0.2, -0.15) is 0 Å². The highest BCUT2D eigenvalue weighted by Crippen LogP contribution is 2.35. The molecule has 0 spiro atoms. The minimum absolute atomic E-state index is 0.0417. The van der Waals surface area contributed by atoms with Crippen molar-refractivity contribution in [1.29, 1.82) is 0 Å². The number of aliphatic hydroxyl groups is 1. The second kappa shape index (κ2) is 13.9. The lowest BCUT2D eigenvalue weighted by atomic mass is 9.91. The van der Waals surface area contributed by atoms with Gasteiger partial charge in [0.2, 0.25) is 0 Å². The summed E-state index contributed by atoms with van der Waals surface area (Å²) in [4.78, 5) is 12.8. The van der Waals surface area contributed by atoms with Gasteiger partial charge < -0.3 is 28.8 Å². The zero-order chi connectivity index (χ0) is 27.1. The van der Waals surface area contributed by atoms with Crippen LogP contribution in [0.25, 0.3) is 0 Å². The molecule has 4 aliphatic rings. The number of esters is 1. The number of aliphatic hydroxyl groups excluding tert-OH is 1. The molecule has 9 atom stereocenters. The summed E-state index contributed by atoms with van der Waals surface area (Å²) >= 11 is 0. The molecular weight excluding hydrogens is 484 g/mol. The number of carbonyl (C=O) groups excluding carboxylic acids is 1. The van der Waals surface area contributed by atoms with Gasteiger partial charge in [0, 0.05) is 19.6 Å². The average Bonchev–Trinajstić information content (AvgIpc) is 3.63. The van der Waals surface area contributed by atoms with Crippen LogP contribution in [0.3, 0.4) is 0 Å². The molecule has 1 fully saturated rings. The summed E-state index contributed by atoms with van der Waals surface area (Å²) in [6.07, 6.45) is 16.3. The van der Waals surface area contributed by atoms with Crippen molar-refractivity contribution in [3.05, 3.63) is 60.3 Å². The zero-order valence-electron chi connectivity index (χ0n) is 23.0. The summed E-state index contributed by atoms with van der Waals surface area (Å²) in [7, 11) is 1.60. The van der Waals surface area contributed by atoms with E-state index in [9.17, 15) is 9.90 Å². The fourth-order valence-electron chi connectivity index (χ4n) is 5.67. The predicted molar refractivity (Wildman–Crippen MR) is 146 cm³/mol. The van der Waals surface area contributed by atoms with Gasteiger partial charge in [0.15, 0.2) is 0 Å². The smallest absolute Gasteiger partial charge is 0.330 e. The van der Waals surface area contributed by atoms with Crippen LogP contribution < -0.4 is 0 Å². The molecular formula is C31H44O7. The van der Waals surface area contributed by atoms with Crippen molar-refractivity contribution in [2.24, 2.45) is 5.92 Å². The number of hydrogen-bond donors (Lipinski definition) is 1. The van der Waals surface area contributed by atoms with E-state index in [2.05, 4.69) is 38.7 Å². The molecule has 0 aromatic rings. The first-order valence-electron chi connectivity index (χ1n) is 14.0. The maximum atomic E-state index is 12.8. The lowest BCUT2D eigenvalue weighted by Crippen LogP contribution is -2.34. The van der Waals surface area contributed by atoms with E-state index in [1.54, 1.807) is 7.11 Å². The molecule has 38 heavy (non-hydrogen) atoms. The molecule has 4 heterocycles. The number of hydrogen-bond acceptors (Lipinski definition) is 7. The van der Waals surface area contributed by atoms with Gasteiger partial charge in [-0.25, -0.2) is 4.79 Å². The Morgan fingerprint density at radius 1 is 1.16 bits per heavy atom.